The number of anilines is 1. The number of hydrogen-bond acceptors (Lipinski definition) is 4. The predicted octanol–water partition coefficient (Wildman–Crippen LogP) is 2.41. The van der Waals surface area contributed by atoms with Gasteiger partial charge in [-0.1, -0.05) is 6.07 Å². The Bertz CT molecular complexity index is 694. The van der Waals surface area contributed by atoms with Crippen molar-refractivity contribution in [3.63, 3.8) is 0 Å². The van der Waals surface area contributed by atoms with E-state index in [-0.39, 0.29) is 11.8 Å². The Morgan fingerprint density at radius 2 is 2.24 bits per heavy atom. The number of nitrogens with one attached hydrogen (secondary N) is 1. The van der Waals surface area contributed by atoms with Crippen molar-refractivity contribution < 1.29 is 4.79 Å². The van der Waals surface area contributed by atoms with E-state index in [1.54, 1.807) is 6.20 Å². The average Bonchev–Trinajstić information content (AvgIpc) is 3.02. The number of pyridine rings is 1. The molecule has 6 heteroatoms. The van der Waals surface area contributed by atoms with Crippen molar-refractivity contribution in [3.05, 3.63) is 41.9 Å². The third kappa shape index (κ3) is 5.13. The quantitative estimate of drug-likeness (QED) is 0.876. The number of aromatic nitrogens is 3. The van der Waals surface area contributed by atoms with Crippen LogP contribution < -0.4 is 5.32 Å². The second-order valence-corrected chi connectivity index (χ2v) is 6.98. The van der Waals surface area contributed by atoms with Crippen molar-refractivity contribution in [3.8, 4) is 0 Å². The monoisotopic (exact) mass is 341 g/mol. The highest BCUT2D eigenvalue weighted by molar-refractivity contribution is 5.91. The van der Waals surface area contributed by atoms with E-state index < -0.39 is 0 Å². The van der Waals surface area contributed by atoms with Crippen LogP contribution in [0, 0.1) is 12.8 Å². The summed E-state index contributed by atoms with van der Waals surface area (Å²) >= 11 is 0. The van der Waals surface area contributed by atoms with Gasteiger partial charge in [0.05, 0.1) is 12.1 Å². The minimum absolute atomic E-state index is 0.0512. The average molecular weight is 341 g/mol. The maximum absolute atomic E-state index is 12.5. The van der Waals surface area contributed by atoms with Crippen molar-refractivity contribution in [1.29, 1.82) is 0 Å². The Kier molecular flexibility index (Phi) is 5.81. The van der Waals surface area contributed by atoms with Crippen LogP contribution in [-0.4, -0.2) is 45.2 Å². The number of carbonyl (C=O) groups excluding carboxylic acids is 1. The smallest absolute Gasteiger partial charge is 0.229 e. The van der Waals surface area contributed by atoms with Crippen LogP contribution in [0.5, 0.6) is 0 Å². The summed E-state index contributed by atoms with van der Waals surface area (Å²) in [4.78, 5) is 19.2. The molecular weight excluding hydrogens is 314 g/mol. The number of hydrogen-bond donors (Lipinski definition) is 1. The Hall–Kier alpha value is -2.21. The van der Waals surface area contributed by atoms with Gasteiger partial charge in [-0.3, -0.25) is 9.48 Å². The van der Waals surface area contributed by atoms with Gasteiger partial charge >= 0.3 is 0 Å². The third-order valence-corrected chi connectivity index (χ3v) is 4.74. The fourth-order valence-corrected chi connectivity index (χ4v) is 3.35. The molecule has 2 aromatic heterocycles. The molecule has 1 amide bonds. The van der Waals surface area contributed by atoms with Gasteiger partial charge in [0.25, 0.3) is 0 Å². The maximum Gasteiger partial charge on any atom is 0.229 e. The van der Waals surface area contributed by atoms with E-state index in [0.717, 1.165) is 50.9 Å². The normalized spacial score (nSPS) is 18.2. The molecule has 0 bridgehead atoms. The van der Waals surface area contributed by atoms with Crippen LogP contribution in [-0.2, 0) is 18.3 Å². The summed E-state index contributed by atoms with van der Waals surface area (Å²) < 4.78 is 1.84. The fraction of sp³-hybridized carbons (Fsp3) is 0.526. The van der Waals surface area contributed by atoms with Gasteiger partial charge in [-0.25, -0.2) is 4.98 Å². The minimum atomic E-state index is 0.0512. The molecule has 0 aliphatic carbocycles. The van der Waals surface area contributed by atoms with Crippen LogP contribution in [0.2, 0.25) is 0 Å². The lowest BCUT2D eigenvalue weighted by Gasteiger charge is -2.31. The predicted molar refractivity (Wildman–Crippen MR) is 98.3 cm³/mol. The molecule has 0 spiro atoms. The lowest BCUT2D eigenvalue weighted by Crippen LogP contribution is -2.41. The van der Waals surface area contributed by atoms with Crippen LogP contribution >= 0.6 is 0 Å². The highest BCUT2D eigenvalue weighted by Crippen LogP contribution is 2.19. The Balaban J connectivity index is 1.45. The summed E-state index contributed by atoms with van der Waals surface area (Å²) in [5, 5.41) is 7.16. The van der Waals surface area contributed by atoms with E-state index in [1.165, 1.54) is 5.56 Å². The summed E-state index contributed by atoms with van der Waals surface area (Å²) in [6, 6.07) is 3.83. The van der Waals surface area contributed by atoms with Gasteiger partial charge in [-0.2, -0.15) is 5.10 Å². The number of likely N-dealkylation sites (tertiary alicyclic amines) is 1. The number of nitrogens with zero attached hydrogens (tertiary/aromatic N) is 4. The Labute approximate surface area is 149 Å². The first-order valence-corrected chi connectivity index (χ1v) is 9.03. The molecule has 6 nitrogen and oxygen atoms in total. The van der Waals surface area contributed by atoms with Gasteiger partial charge in [-0.05, 0) is 62.9 Å². The second-order valence-electron chi connectivity index (χ2n) is 6.98. The molecule has 1 aliphatic heterocycles. The molecule has 3 rings (SSSR count). The topological polar surface area (TPSA) is 63.1 Å². The van der Waals surface area contributed by atoms with Crippen molar-refractivity contribution in [2.45, 2.75) is 32.6 Å². The Morgan fingerprint density at radius 1 is 1.36 bits per heavy atom. The first kappa shape index (κ1) is 17.6. The van der Waals surface area contributed by atoms with Crippen LogP contribution in [0.1, 0.15) is 30.4 Å². The zero-order chi connectivity index (χ0) is 17.6. The number of carbonyl (C=O) groups is 1. The second kappa shape index (κ2) is 8.25. The van der Waals surface area contributed by atoms with E-state index in [2.05, 4.69) is 26.5 Å². The van der Waals surface area contributed by atoms with Crippen molar-refractivity contribution >= 4 is 11.7 Å². The highest BCUT2D eigenvalue weighted by Gasteiger charge is 2.25. The third-order valence-electron chi connectivity index (χ3n) is 4.74. The lowest BCUT2D eigenvalue weighted by molar-refractivity contribution is -0.121. The molecule has 1 aliphatic rings. The lowest BCUT2D eigenvalue weighted by atomic mass is 9.97. The molecule has 0 saturated carbocycles. The van der Waals surface area contributed by atoms with Crippen LogP contribution in [0.25, 0.3) is 0 Å². The summed E-state index contributed by atoms with van der Waals surface area (Å²) in [6.07, 6.45) is 9.94. The molecule has 1 N–H and O–H groups in total. The summed E-state index contributed by atoms with van der Waals surface area (Å²) in [7, 11) is 1.94. The van der Waals surface area contributed by atoms with E-state index in [0.29, 0.717) is 5.82 Å². The summed E-state index contributed by atoms with van der Waals surface area (Å²) in [5.74, 6) is 0.785. The number of amides is 1. The molecular formula is C19H27N5O. The number of aryl methyl sites for hydroxylation is 3. The molecule has 3 heterocycles. The maximum atomic E-state index is 12.5. The SMILES string of the molecule is Cc1ccc(NC(=O)[C@H]2CCCN(CCCc3cnn(C)c3)C2)nc1. The van der Waals surface area contributed by atoms with Gasteiger partial charge < -0.3 is 10.2 Å². The molecule has 2 aromatic rings. The van der Waals surface area contributed by atoms with Gasteiger partial charge in [-0.15, -0.1) is 0 Å². The molecule has 1 atom stereocenters. The van der Waals surface area contributed by atoms with E-state index in [4.69, 9.17) is 0 Å². The molecule has 0 unspecified atom stereocenters. The first-order chi connectivity index (χ1) is 12.1. The Morgan fingerprint density at radius 3 is 2.96 bits per heavy atom. The van der Waals surface area contributed by atoms with E-state index in [9.17, 15) is 4.79 Å². The molecule has 1 fully saturated rings. The van der Waals surface area contributed by atoms with Gasteiger partial charge in [0.15, 0.2) is 0 Å². The minimum Gasteiger partial charge on any atom is -0.310 e. The van der Waals surface area contributed by atoms with Crippen LogP contribution in [0.3, 0.4) is 0 Å². The van der Waals surface area contributed by atoms with E-state index in [1.807, 2.05) is 37.0 Å². The van der Waals surface area contributed by atoms with Crippen molar-refractivity contribution in [2.24, 2.45) is 13.0 Å². The fourth-order valence-electron chi connectivity index (χ4n) is 3.35. The summed E-state index contributed by atoms with van der Waals surface area (Å²) in [5.41, 5.74) is 2.37. The van der Waals surface area contributed by atoms with Gasteiger partial charge in [0, 0.05) is 26.0 Å². The van der Waals surface area contributed by atoms with Gasteiger partial charge in [0.2, 0.25) is 5.91 Å². The van der Waals surface area contributed by atoms with E-state index >= 15 is 0 Å². The molecule has 0 radical (unpaired) electrons. The van der Waals surface area contributed by atoms with Crippen LogP contribution in [0.15, 0.2) is 30.7 Å². The number of piperidine rings is 1. The molecule has 25 heavy (non-hydrogen) atoms. The highest BCUT2D eigenvalue weighted by atomic mass is 16.2. The molecule has 1 saturated heterocycles. The van der Waals surface area contributed by atoms with Crippen LogP contribution in [0.4, 0.5) is 5.82 Å². The molecule has 0 aromatic carbocycles. The first-order valence-electron chi connectivity index (χ1n) is 9.03. The zero-order valence-electron chi connectivity index (χ0n) is 15.1. The summed E-state index contributed by atoms with van der Waals surface area (Å²) in [6.45, 7) is 4.94. The zero-order valence-corrected chi connectivity index (χ0v) is 15.1. The molecule has 134 valence electrons. The standard InChI is InChI=1S/C19H27N5O/c1-15-7-8-18(20-11-15)22-19(25)17-6-4-10-24(14-17)9-3-5-16-12-21-23(2)13-16/h7-8,11-13,17H,3-6,9-10,14H2,1-2H3,(H,20,22,25)/t17-/m0/s1. The van der Waals surface area contributed by atoms with Crippen molar-refractivity contribution in [1.82, 2.24) is 19.7 Å². The van der Waals surface area contributed by atoms with Gasteiger partial charge in [0.1, 0.15) is 5.82 Å². The van der Waals surface area contributed by atoms with Crippen molar-refractivity contribution in [2.75, 3.05) is 25.0 Å². The number of rotatable bonds is 6. The largest absolute Gasteiger partial charge is 0.310 e.